The minimum absolute atomic E-state index is 0.190. The van der Waals surface area contributed by atoms with E-state index in [1.807, 2.05) is 24.3 Å². The van der Waals surface area contributed by atoms with Gasteiger partial charge in [0.1, 0.15) is 21.6 Å². The maximum absolute atomic E-state index is 12.9. The Balaban J connectivity index is 1.52. The maximum atomic E-state index is 12.9. The second-order valence-corrected chi connectivity index (χ2v) is 8.34. The van der Waals surface area contributed by atoms with Crippen molar-refractivity contribution in [1.29, 1.82) is 0 Å². The van der Waals surface area contributed by atoms with Crippen molar-refractivity contribution in [2.75, 3.05) is 7.11 Å². The van der Waals surface area contributed by atoms with Crippen LogP contribution in [0.3, 0.4) is 0 Å². The second kappa shape index (κ2) is 8.79. The van der Waals surface area contributed by atoms with Crippen molar-refractivity contribution in [3.05, 3.63) is 82.5 Å². The summed E-state index contributed by atoms with van der Waals surface area (Å²) in [4.78, 5) is 25.9. The fraction of sp³-hybridized carbons (Fsp3) is 0.0870. The number of hydrogen-bond acceptors (Lipinski definition) is 6. The topological polar surface area (TPSA) is 80.0 Å². The molecule has 8 heteroatoms. The lowest BCUT2D eigenvalue weighted by molar-refractivity contribution is -0.122. The molecule has 1 fully saturated rings. The number of carbonyl (C=O) groups excluding carboxylic acids is 1. The van der Waals surface area contributed by atoms with E-state index in [0.29, 0.717) is 33.0 Å². The number of thiocarbonyl (C=S) groups is 1. The zero-order valence-electron chi connectivity index (χ0n) is 16.4. The largest absolute Gasteiger partial charge is 0.496 e. The van der Waals surface area contributed by atoms with Crippen molar-refractivity contribution >= 4 is 46.3 Å². The molecular weight excluding hydrogens is 434 g/mol. The van der Waals surface area contributed by atoms with Gasteiger partial charge in [-0.3, -0.25) is 9.69 Å². The van der Waals surface area contributed by atoms with Crippen LogP contribution >= 0.6 is 24.0 Å². The molecule has 2 heterocycles. The molecule has 0 unspecified atom stereocenters. The first-order valence-corrected chi connectivity index (χ1v) is 10.5. The van der Waals surface area contributed by atoms with Crippen molar-refractivity contribution in [2.45, 2.75) is 6.54 Å². The lowest BCUT2D eigenvalue weighted by atomic mass is 10.1. The summed E-state index contributed by atoms with van der Waals surface area (Å²) < 4.78 is 11.7. The van der Waals surface area contributed by atoms with Gasteiger partial charge >= 0.3 is 5.97 Å². The molecule has 0 radical (unpaired) electrons. The minimum atomic E-state index is -0.984. The number of furan rings is 1. The molecule has 1 saturated heterocycles. The molecule has 31 heavy (non-hydrogen) atoms. The van der Waals surface area contributed by atoms with Crippen molar-refractivity contribution in [1.82, 2.24) is 4.90 Å². The minimum Gasteiger partial charge on any atom is -0.496 e. The lowest BCUT2D eigenvalue weighted by Gasteiger charge is -2.16. The summed E-state index contributed by atoms with van der Waals surface area (Å²) >= 11 is 6.63. The van der Waals surface area contributed by atoms with Crippen molar-refractivity contribution in [2.24, 2.45) is 0 Å². The number of aromatic carboxylic acids is 1. The molecule has 0 bridgehead atoms. The first-order valence-electron chi connectivity index (χ1n) is 9.27. The highest BCUT2D eigenvalue weighted by Crippen LogP contribution is 2.35. The Morgan fingerprint density at radius 3 is 2.61 bits per heavy atom. The molecule has 1 amide bonds. The van der Waals surface area contributed by atoms with Crippen LogP contribution in [0.25, 0.3) is 17.4 Å². The number of carboxylic acid groups (broad SMARTS) is 1. The monoisotopic (exact) mass is 451 g/mol. The van der Waals surface area contributed by atoms with E-state index < -0.39 is 5.97 Å². The average molecular weight is 452 g/mol. The van der Waals surface area contributed by atoms with E-state index in [1.54, 1.807) is 37.5 Å². The van der Waals surface area contributed by atoms with Crippen molar-refractivity contribution in [3.8, 4) is 17.1 Å². The van der Waals surface area contributed by atoms with Crippen LogP contribution in [-0.2, 0) is 11.3 Å². The summed E-state index contributed by atoms with van der Waals surface area (Å²) in [7, 11) is 1.59. The Labute approximate surface area is 188 Å². The number of thioether (sulfide) groups is 1. The van der Waals surface area contributed by atoms with Gasteiger partial charge in [-0.2, -0.15) is 0 Å². The summed E-state index contributed by atoms with van der Waals surface area (Å²) in [5.41, 5.74) is 1.82. The van der Waals surface area contributed by atoms with Gasteiger partial charge in [-0.25, -0.2) is 4.79 Å². The predicted octanol–water partition coefficient (Wildman–Crippen LogP) is 5.05. The summed E-state index contributed by atoms with van der Waals surface area (Å²) in [5, 5.41) is 9.01. The zero-order chi connectivity index (χ0) is 22.0. The highest BCUT2D eigenvalue weighted by Gasteiger charge is 2.32. The van der Waals surface area contributed by atoms with E-state index in [-0.39, 0.29) is 11.5 Å². The second-order valence-electron chi connectivity index (χ2n) is 6.66. The Morgan fingerprint density at radius 1 is 1.16 bits per heavy atom. The first-order chi connectivity index (χ1) is 15.0. The van der Waals surface area contributed by atoms with E-state index >= 15 is 0 Å². The third-order valence-corrected chi connectivity index (χ3v) is 6.09. The molecule has 0 spiro atoms. The van der Waals surface area contributed by atoms with Gasteiger partial charge in [-0.15, -0.1) is 0 Å². The Morgan fingerprint density at radius 2 is 1.90 bits per heavy atom. The van der Waals surface area contributed by atoms with Crippen LogP contribution < -0.4 is 4.74 Å². The number of benzene rings is 2. The van der Waals surface area contributed by atoms with Crippen LogP contribution in [0.15, 0.2) is 70.0 Å². The van der Waals surface area contributed by atoms with Gasteiger partial charge in [0.25, 0.3) is 5.91 Å². The highest BCUT2D eigenvalue weighted by molar-refractivity contribution is 8.26. The third-order valence-electron chi connectivity index (χ3n) is 4.71. The van der Waals surface area contributed by atoms with E-state index in [0.717, 1.165) is 11.1 Å². The Hall–Kier alpha value is -3.36. The molecule has 0 aliphatic carbocycles. The number of amides is 1. The zero-order valence-corrected chi connectivity index (χ0v) is 18.0. The highest BCUT2D eigenvalue weighted by atomic mass is 32.2. The van der Waals surface area contributed by atoms with Gasteiger partial charge in [0.2, 0.25) is 0 Å². The molecule has 1 N–H and O–H groups in total. The number of ether oxygens (including phenoxy) is 1. The molecule has 3 aromatic rings. The van der Waals surface area contributed by atoms with E-state index in [1.165, 1.54) is 28.8 Å². The fourth-order valence-electron chi connectivity index (χ4n) is 3.13. The molecule has 4 rings (SSSR count). The van der Waals surface area contributed by atoms with E-state index in [9.17, 15) is 9.59 Å². The van der Waals surface area contributed by atoms with E-state index in [2.05, 4.69) is 0 Å². The van der Waals surface area contributed by atoms with Crippen LogP contribution in [-0.4, -0.2) is 33.3 Å². The van der Waals surface area contributed by atoms with Gasteiger partial charge in [0.05, 0.1) is 24.1 Å². The van der Waals surface area contributed by atoms with Crippen LogP contribution in [0.5, 0.6) is 5.75 Å². The summed E-state index contributed by atoms with van der Waals surface area (Å²) in [6.07, 6.45) is 1.66. The van der Waals surface area contributed by atoms with Crippen LogP contribution in [0, 0.1) is 0 Å². The van der Waals surface area contributed by atoms with Crippen LogP contribution in [0.1, 0.15) is 21.7 Å². The van der Waals surface area contributed by atoms with Crippen LogP contribution in [0.4, 0.5) is 0 Å². The number of hydrogen-bond donors (Lipinski definition) is 1. The molecule has 0 saturated carbocycles. The fourth-order valence-corrected chi connectivity index (χ4v) is 4.37. The van der Waals surface area contributed by atoms with Crippen LogP contribution in [0.2, 0.25) is 0 Å². The quantitative estimate of drug-likeness (QED) is 0.415. The smallest absolute Gasteiger partial charge is 0.335 e. The molecule has 1 aliphatic rings. The van der Waals surface area contributed by atoms with Gasteiger partial charge in [-0.1, -0.05) is 54.3 Å². The molecule has 1 aromatic heterocycles. The van der Waals surface area contributed by atoms with Crippen molar-refractivity contribution < 1.29 is 23.8 Å². The summed E-state index contributed by atoms with van der Waals surface area (Å²) in [6.45, 7) is 0.325. The normalized spacial score (nSPS) is 15.0. The lowest BCUT2D eigenvalue weighted by Crippen LogP contribution is -2.27. The number of carbonyl (C=O) groups is 2. The predicted molar refractivity (Wildman–Crippen MR) is 123 cm³/mol. The maximum Gasteiger partial charge on any atom is 0.335 e. The van der Waals surface area contributed by atoms with Gasteiger partial charge in [0.15, 0.2) is 0 Å². The number of rotatable bonds is 6. The Kier molecular flexibility index (Phi) is 5.92. The SMILES string of the molecule is COc1ccccc1CN1C(=O)C(=Cc2ccc(-c3ccc(C(=O)O)cc3)o2)SC1=S. The first kappa shape index (κ1) is 20.9. The molecule has 6 nitrogen and oxygen atoms in total. The number of nitrogens with zero attached hydrogens (tertiary/aromatic N) is 1. The summed E-state index contributed by atoms with van der Waals surface area (Å²) in [6, 6.07) is 17.4. The van der Waals surface area contributed by atoms with Gasteiger partial charge in [-0.05, 0) is 30.3 Å². The molecule has 2 aromatic carbocycles. The van der Waals surface area contributed by atoms with E-state index in [4.69, 9.17) is 26.5 Å². The van der Waals surface area contributed by atoms with Gasteiger partial charge in [0, 0.05) is 17.2 Å². The standard InChI is InChI=1S/C23H17NO5S2/c1-28-18-5-3-2-4-16(18)13-24-21(25)20(31-23(24)30)12-17-10-11-19(29-17)14-6-8-15(9-7-14)22(26)27/h2-12H,13H2,1H3,(H,26,27). The number of carboxylic acids is 1. The average Bonchev–Trinajstić information content (AvgIpc) is 3.34. The number of methoxy groups -OCH3 is 1. The Bertz CT molecular complexity index is 1200. The summed E-state index contributed by atoms with van der Waals surface area (Å²) in [5.74, 6) is 0.611. The molecule has 1 aliphatic heterocycles. The van der Waals surface area contributed by atoms with Crippen molar-refractivity contribution in [3.63, 3.8) is 0 Å². The number of para-hydroxylation sites is 1. The van der Waals surface area contributed by atoms with Gasteiger partial charge < -0.3 is 14.3 Å². The molecule has 156 valence electrons. The molecule has 0 atom stereocenters. The third kappa shape index (κ3) is 4.40. The molecular formula is C23H17NO5S2.